The molecule has 1 aromatic carbocycles. The minimum atomic E-state index is -0.312. The van der Waals surface area contributed by atoms with Crippen LogP contribution in [0.4, 0.5) is 10.2 Å². The van der Waals surface area contributed by atoms with E-state index in [1.54, 1.807) is 41.2 Å². The van der Waals surface area contributed by atoms with Crippen molar-refractivity contribution < 1.29 is 9.18 Å². The van der Waals surface area contributed by atoms with Crippen LogP contribution in [0.2, 0.25) is 0 Å². The van der Waals surface area contributed by atoms with Crippen molar-refractivity contribution in [2.75, 3.05) is 5.73 Å². The topological polar surface area (TPSA) is 116 Å². The van der Waals surface area contributed by atoms with Gasteiger partial charge in [0.1, 0.15) is 17.3 Å². The summed E-state index contributed by atoms with van der Waals surface area (Å²) in [5.74, 6) is 0.133. The highest BCUT2D eigenvalue weighted by atomic mass is 19.1. The number of halogens is 1. The lowest BCUT2D eigenvalue weighted by Gasteiger charge is -2.02. The smallest absolute Gasteiger partial charge is 0.171 e. The number of rotatable bonds is 8. The molecule has 0 unspecified atom stereocenters. The third kappa shape index (κ3) is 4.60. The average molecular weight is 368 g/mol. The van der Waals surface area contributed by atoms with Gasteiger partial charge in [0.15, 0.2) is 6.29 Å². The molecule has 0 aliphatic carbocycles. The Morgan fingerprint density at radius 1 is 1.30 bits per heavy atom. The van der Waals surface area contributed by atoms with Gasteiger partial charge in [-0.1, -0.05) is 17.3 Å². The van der Waals surface area contributed by atoms with Crippen molar-refractivity contribution in [2.45, 2.75) is 25.8 Å². The van der Waals surface area contributed by atoms with Gasteiger partial charge in [0.05, 0.1) is 11.9 Å². The minimum absolute atomic E-state index is 0.312. The lowest BCUT2D eigenvalue weighted by atomic mass is 10.1. The molecule has 2 aromatic heterocycles. The molecule has 0 radical (unpaired) electrons. The highest BCUT2D eigenvalue weighted by Gasteiger charge is 2.09. The van der Waals surface area contributed by atoms with Crippen molar-refractivity contribution in [1.82, 2.24) is 20.0 Å². The number of carbonyl (C=O) groups excluding carboxylic acids is 1. The number of hydrogen-bond donors (Lipinski definition) is 3. The number of aldehydes is 1. The zero-order chi connectivity index (χ0) is 19.2. The van der Waals surface area contributed by atoms with Crippen LogP contribution in [-0.4, -0.2) is 26.3 Å². The molecular weight excluding hydrogens is 347 g/mol. The summed E-state index contributed by atoms with van der Waals surface area (Å²) in [6.45, 7) is 0.665. The molecule has 140 valence electrons. The monoisotopic (exact) mass is 368 g/mol. The predicted octanol–water partition coefficient (Wildman–Crippen LogP) is 2.98. The number of benzene rings is 1. The molecule has 3 rings (SSSR count). The number of nitrogens with one attached hydrogen (secondary N) is 1. The van der Waals surface area contributed by atoms with E-state index in [0.29, 0.717) is 47.7 Å². The molecule has 5 N–H and O–H groups in total. The van der Waals surface area contributed by atoms with Crippen LogP contribution < -0.4 is 11.5 Å². The fraction of sp³-hybridized carbons (Fsp3) is 0.211. The maximum Gasteiger partial charge on any atom is 0.171 e. The molecule has 3 aromatic rings. The first-order chi connectivity index (χ1) is 13.1. The van der Waals surface area contributed by atoms with Crippen molar-refractivity contribution in [2.24, 2.45) is 5.73 Å². The van der Waals surface area contributed by atoms with Gasteiger partial charge in [0.2, 0.25) is 0 Å². The van der Waals surface area contributed by atoms with Gasteiger partial charge in [-0.25, -0.2) is 4.39 Å². The second-order valence-electron chi connectivity index (χ2n) is 6.23. The normalized spacial score (nSPS) is 11.7. The predicted molar refractivity (Wildman–Crippen MR) is 102 cm³/mol. The Kier molecular flexibility index (Phi) is 5.65. The second kappa shape index (κ2) is 8.31. The van der Waals surface area contributed by atoms with Crippen molar-refractivity contribution in [3.8, 4) is 11.3 Å². The number of aromatic amines is 1. The van der Waals surface area contributed by atoms with Gasteiger partial charge >= 0.3 is 0 Å². The lowest BCUT2D eigenvalue weighted by molar-refractivity contribution is 0.111. The van der Waals surface area contributed by atoms with Crippen molar-refractivity contribution in [3.63, 3.8) is 0 Å². The van der Waals surface area contributed by atoms with E-state index in [4.69, 9.17) is 11.5 Å². The first-order valence-corrected chi connectivity index (χ1v) is 8.61. The standard InChI is InChI=1S/C19H21FN6O/c20-17-7-2-1-6-16(17)18-10-13(19(22)23-18)9-14(21)5-3-4-8-26-11-15(12-27)24-25-26/h1-2,6-7,9-12,23H,3-5,8,21-22H2/b14-9-. The SMILES string of the molecule is N/C(=C\c1cc(-c2ccccc2F)[nH]c1N)CCCCn1cc(C=O)nn1. The summed E-state index contributed by atoms with van der Waals surface area (Å²) in [7, 11) is 0. The van der Waals surface area contributed by atoms with Crippen LogP contribution in [0.25, 0.3) is 17.3 Å². The molecule has 0 fully saturated rings. The fourth-order valence-electron chi connectivity index (χ4n) is 2.78. The maximum absolute atomic E-state index is 13.9. The Balaban J connectivity index is 1.57. The number of anilines is 1. The Morgan fingerprint density at radius 2 is 2.11 bits per heavy atom. The molecule has 0 saturated heterocycles. The van der Waals surface area contributed by atoms with Crippen molar-refractivity contribution in [1.29, 1.82) is 0 Å². The molecule has 0 amide bonds. The summed E-state index contributed by atoms with van der Waals surface area (Å²) in [4.78, 5) is 13.6. The Labute approximate surface area is 155 Å². The van der Waals surface area contributed by atoms with Crippen LogP contribution in [0, 0.1) is 5.82 Å². The summed E-state index contributed by atoms with van der Waals surface area (Å²) in [5.41, 5.74) is 14.9. The quantitative estimate of drug-likeness (QED) is 0.417. The highest BCUT2D eigenvalue weighted by Crippen LogP contribution is 2.27. The molecule has 0 bridgehead atoms. The van der Waals surface area contributed by atoms with Crippen LogP contribution in [0.5, 0.6) is 0 Å². The molecule has 8 heteroatoms. The first-order valence-electron chi connectivity index (χ1n) is 8.61. The van der Waals surface area contributed by atoms with E-state index in [1.807, 2.05) is 0 Å². The van der Waals surface area contributed by atoms with Gasteiger partial charge in [-0.2, -0.15) is 0 Å². The van der Waals surface area contributed by atoms with E-state index in [1.165, 1.54) is 6.07 Å². The van der Waals surface area contributed by atoms with Gasteiger partial charge < -0.3 is 16.5 Å². The Morgan fingerprint density at radius 3 is 2.85 bits per heavy atom. The van der Waals surface area contributed by atoms with Crippen LogP contribution in [0.1, 0.15) is 35.3 Å². The number of unbranched alkanes of at least 4 members (excludes halogenated alkanes) is 1. The molecule has 0 aliphatic heterocycles. The number of aryl methyl sites for hydroxylation is 1. The summed E-state index contributed by atoms with van der Waals surface area (Å²) in [6.07, 6.45) is 6.46. The number of nitrogen functional groups attached to an aromatic ring is 1. The highest BCUT2D eigenvalue weighted by molar-refractivity contribution is 5.73. The molecular formula is C19H21FN6O. The van der Waals surface area contributed by atoms with Crippen LogP contribution in [-0.2, 0) is 6.54 Å². The van der Waals surface area contributed by atoms with Gasteiger partial charge in [-0.15, -0.1) is 5.10 Å². The zero-order valence-electron chi connectivity index (χ0n) is 14.7. The van der Waals surface area contributed by atoms with E-state index in [0.717, 1.165) is 18.4 Å². The summed E-state index contributed by atoms with van der Waals surface area (Å²) in [6, 6.07) is 8.30. The van der Waals surface area contributed by atoms with Crippen LogP contribution in [0.15, 0.2) is 42.2 Å². The molecule has 0 spiro atoms. The number of carbonyl (C=O) groups is 1. The lowest BCUT2D eigenvalue weighted by Crippen LogP contribution is -2.01. The minimum Gasteiger partial charge on any atom is -0.402 e. The summed E-state index contributed by atoms with van der Waals surface area (Å²) < 4.78 is 15.6. The van der Waals surface area contributed by atoms with E-state index in [-0.39, 0.29) is 5.82 Å². The van der Waals surface area contributed by atoms with Crippen LogP contribution in [0.3, 0.4) is 0 Å². The van der Waals surface area contributed by atoms with Gasteiger partial charge in [0.25, 0.3) is 0 Å². The van der Waals surface area contributed by atoms with Gasteiger partial charge in [0, 0.05) is 23.4 Å². The summed E-state index contributed by atoms with van der Waals surface area (Å²) in [5, 5.41) is 7.57. The number of H-pyrrole nitrogens is 1. The second-order valence-corrected chi connectivity index (χ2v) is 6.23. The van der Waals surface area contributed by atoms with Crippen LogP contribution >= 0.6 is 0 Å². The molecule has 0 aliphatic rings. The Hall–Kier alpha value is -3.42. The van der Waals surface area contributed by atoms with E-state index >= 15 is 0 Å². The van der Waals surface area contributed by atoms with Crippen molar-refractivity contribution in [3.05, 3.63) is 59.3 Å². The van der Waals surface area contributed by atoms with E-state index in [9.17, 15) is 9.18 Å². The van der Waals surface area contributed by atoms with Gasteiger partial charge in [-0.3, -0.25) is 9.48 Å². The molecule has 0 saturated carbocycles. The molecule has 2 heterocycles. The number of aromatic nitrogens is 4. The molecule has 0 atom stereocenters. The Bertz CT molecular complexity index is 959. The fourth-order valence-corrected chi connectivity index (χ4v) is 2.78. The average Bonchev–Trinajstić information content (AvgIpc) is 3.26. The third-order valence-electron chi connectivity index (χ3n) is 4.16. The molecule has 27 heavy (non-hydrogen) atoms. The zero-order valence-corrected chi connectivity index (χ0v) is 14.7. The third-order valence-corrected chi connectivity index (χ3v) is 4.16. The first kappa shape index (κ1) is 18.4. The largest absolute Gasteiger partial charge is 0.402 e. The van der Waals surface area contributed by atoms with Crippen molar-refractivity contribution >= 4 is 18.2 Å². The number of hydrogen-bond acceptors (Lipinski definition) is 5. The van der Waals surface area contributed by atoms with E-state index < -0.39 is 0 Å². The number of nitrogens with zero attached hydrogens (tertiary/aromatic N) is 3. The van der Waals surface area contributed by atoms with E-state index in [2.05, 4.69) is 15.3 Å². The van der Waals surface area contributed by atoms with Gasteiger partial charge in [-0.05, 0) is 43.5 Å². The maximum atomic E-state index is 13.9. The summed E-state index contributed by atoms with van der Waals surface area (Å²) >= 11 is 0. The number of allylic oxidation sites excluding steroid dienone is 1. The number of nitrogens with two attached hydrogens (primary N) is 2. The molecule has 7 nitrogen and oxygen atoms in total.